The van der Waals surface area contributed by atoms with Crippen molar-refractivity contribution in [3.63, 3.8) is 0 Å². The van der Waals surface area contributed by atoms with Gasteiger partial charge in [-0.25, -0.2) is 4.98 Å². The molecule has 1 N–H and O–H groups in total. The summed E-state index contributed by atoms with van der Waals surface area (Å²) in [6.07, 6.45) is 5.66. The summed E-state index contributed by atoms with van der Waals surface area (Å²) in [6, 6.07) is 1.94. The SMILES string of the molecule is CC1(CO)CCCN(Cc2csc(-c3ccoc3)n2)C1. The lowest BCUT2D eigenvalue weighted by Crippen LogP contribution is -2.43. The van der Waals surface area contributed by atoms with E-state index < -0.39 is 0 Å². The Labute approximate surface area is 123 Å². The summed E-state index contributed by atoms with van der Waals surface area (Å²) >= 11 is 1.65. The lowest BCUT2D eigenvalue weighted by Gasteiger charge is -2.39. The first-order chi connectivity index (χ1) is 9.68. The summed E-state index contributed by atoms with van der Waals surface area (Å²) in [4.78, 5) is 7.07. The van der Waals surface area contributed by atoms with Gasteiger partial charge in [0.05, 0.1) is 12.0 Å². The van der Waals surface area contributed by atoms with E-state index in [0.29, 0.717) is 0 Å². The maximum absolute atomic E-state index is 9.51. The molecule has 1 fully saturated rings. The predicted molar refractivity (Wildman–Crippen MR) is 79.5 cm³/mol. The number of hydrogen-bond donors (Lipinski definition) is 1. The smallest absolute Gasteiger partial charge is 0.126 e. The van der Waals surface area contributed by atoms with Gasteiger partial charge >= 0.3 is 0 Å². The monoisotopic (exact) mass is 292 g/mol. The average molecular weight is 292 g/mol. The van der Waals surface area contributed by atoms with E-state index in [-0.39, 0.29) is 12.0 Å². The highest BCUT2D eigenvalue weighted by Gasteiger charge is 2.30. The molecule has 5 heteroatoms. The van der Waals surface area contributed by atoms with Gasteiger partial charge in [0.1, 0.15) is 11.3 Å². The highest BCUT2D eigenvalue weighted by atomic mass is 32.1. The Kier molecular flexibility index (Phi) is 3.92. The minimum absolute atomic E-state index is 0.0433. The molecule has 0 bridgehead atoms. The van der Waals surface area contributed by atoms with Gasteiger partial charge < -0.3 is 9.52 Å². The summed E-state index contributed by atoms with van der Waals surface area (Å²) < 4.78 is 5.10. The van der Waals surface area contributed by atoms with Crippen molar-refractivity contribution < 1.29 is 9.52 Å². The zero-order valence-corrected chi connectivity index (χ0v) is 12.5. The van der Waals surface area contributed by atoms with E-state index in [0.717, 1.165) is 48.7 Å². The molecule has 3 rings (SSSR count). The summed E-state index contributed by atoms with van der Waals surface area (Å²) in [5.41, 5.74) is 2.19. The van der Waals surface area contributed by atoms with E-state index in [1.807, 2.05) is 6.07 Å². The minimum Gasteiger partial charge on any atom is -0.472 e. The van der Waals surface area contributed by atoms with Crippen molar-refractivity contribution in [1.29, 1.82) is 0 Å². The molecule has 0 aromatic carbocycles. The van der Waals surface area contributed by atoms with Crippen molar-refractivity contribution in [3.8, 4) is 10.6 Å². The van der Waals surface area contributed by atoms with Crippen LogP contribution in [0.4, 0.5) is 0 Å². The van der Waals surface area contributed by atoms with Gasteiger partial charge in [-0.3, -0.25) is 4.90 Å². The number of likely N-dealkylation sites (tertiary alicyclic amines) is 1. The Morgan fingerprint density at radius 2 is 2.45 bits per heavy atom. The molecule has 1 aliphatic heterocycles. The highest BCUT2D eigenvalue weighted by molar-refractivity contribution is 7.13. The fourth-order valence-corrected chi connectivity index (χ4v) is 3.62. The quantitative estimate of drug-likeness (QED) is 0.941. The zero-order chi connectivity index (χ0) is 14.0. The number of aliphatic hydroxyl groups is 1. The lowest BCUT2D eigenvalue weighted by molar-refractivity contribution is 0.0424. The third-order valence-corrected chi connectivity index (χ3v) is 4.89. The molecule has 0 spiro atoms. The van der Waals surface area contributed by atoms with Crippen LogP contribution >= 0.6 is 11.3 Å². The Morgan fingerprint density at radius 1 is 1.55 bits per heavy atom. The van der Waals surface area contributed by atoms with Crippen LogP contribution in [0, 0.1) is 5.41 Å². The number of thiazole rings is 1. The largest absolute Gasteiger partial charge is 0.472 e. The second kappa shape index (κ2) is 5.68. The Bertz CT molecular complexity index is 552. The first-order valence-corrected chi connectivity index (χ1v) is 7.87. The van der Waals surface area contributed by atoms with E-state index >= 15 is 0 Å². The van der Waals surface area contributed by atoms with Crippen molar-refractivity contribution in [1.82, 2.24) is 9.88 Å². The molecule has 3 heterocycles. The number of nitrogens with zero attached hydrogens (tertiary/aromatic N) is 2. The Morgan fingerprint density at radius 3 is 3.20 bits per heavy atom. The first kappa shape index (κ1) is 13.8. The van der Waals surface area contributed by atoms with Crippen LogP contribution in [0.2, 0.25) is 0 Å². The third-order valence-electron chi connectivity index (χ3n) is 3.95. The van der Waals surface area contributed by atoms with Crippen LogP contribution in [-0.4, -0.2) is 34.7 Å². The third kappa shape index (κ3) is 2.95. The molecule has 1 saturated heterocycles. The molecule has 2 aromatic rings. The normalized spacial score (nSPS) is 24.1. The number of aromatic nitrogens is 1. The van der Waals surface area contributed by atoms with Gasteiger partial charge in [-0.05, 0) is 25.5 Å². The molecule has 108 valence electrons. The molecule has 1 atom stereocenters. The van der Waals surface area contributed by atoms with Gasteiger partial charge in [-0.1, -0.05) is 6.92 Å². The maximum Gasteiger partial charge on any atom is 0.126 e. The predicted octanol–water partition coefficient (Wildman–Crippen LogP) is 3.00. The van der Waals surface area contributed by atoms with Gasteiger partial charge in [0.25, 0.3) is 0 Å². The van der Waals surface area contributed by atoms with Crippen LogP contribution in [0.15, 0.2) is 28.4 Å². The summed E-state index contributed by atoms with van der Waals surface area (Å²) in [5.74, 6) is 0. The summed E-state index contributed by atoms with van der Waals surface area (Å²) in [7, 11) is 0. The lowest BCUT2D eigenvalue weighted by atomic mass is 9.83. The van der Waals surface area contributed by atoms with E-state index in [2.05, 4.69) is 22.2 Å². The van der Waals surface area contributed by atoms with Gasteiger partial charge in [0.2, 0.25) is 0 Å². The molecule has 4 nitrogen and oxygen atoms in total. The van der Waals surface area contributed by atoms with Crippen molar-refractivity contribution in [2.24, 2.45) is 5.41 Å². The van der Waals surface area contributed by atoms with Crippen LogP contribution in [0.5, 0.6) is 0 Å². The van der Waals surface area contributed by atoms with Crippen molar-refractivity contribution in [3.05, 3.63) is 29.7 Å². The topological polar surface area (TPSA) is 49.5 Å². The average Bonchev–Trinajstić information content (AvgIpc) is 3.09. The summed E-state index contributed by atoms with van der Waals surface area (Å²) in [5, 5.41) is 12.6. The van der Waals surface area contributed by atoms with E-state index in [1.165, 1.54) is 0 Å². The van der Waals surface area contributed by atoms with Crippen LogP contribution in [-0.2, 0) is 6.54 Å². The number of rotatable bonds is 4. The van der Waals surface area contributed by atoms with E-state index in [4.69, 9.17) is 4.42 Å². The molecule has 1 aliphatic rings. The van der Waals surface area contributed by atoms with Crippen LogP contribution in [0.25, 0.3) is 10.6 Å². The fourth-order valence-electron chi connectivity index (χ4n) is 2.82. The summed E-state index contributed by atoms with van der Waals surface area (Å²) in [6.45, 7) is 5.33. The second-order valence-electron chi connectivity index (χ2n) is 5.94. The van der Waals surface area contributed by atoms with E-state index in [1.54, 1.807) is 23.9 Å². The maximum atomic E-state index is 9.51. The van der Waals surface area contributed by atoms with Crippen LogP contribution in [0.3, 0.4) is 0 Å². The van der Waals surface area contributed by atoms with Gasteiger partial charge in [-0.2, -0.15) is 0 Å². The first-order valence-electron chi connectivity index (χ1n) is 6.99. The molecule has 20 heavy (non-hydrogen) atoms. The van der Waals surface area contributed by atoms with Crippen molar-refractivity contribution in [2.45, 2.75) is 26.3 Å². The molecular formula is C15H20N2O2S. The fraction of sp³-hybridized carbons (Fsp3) is 0.533. The van der Waals surface area contributed by atoms with Crippen molar-refractivity contribution >= 4 is 11.3 Å². The zero-order valence-electron chi connectivity index (χ0n) is 11.7. The molecule has 2 aromatic heterocycles. The Balaban J connectivity index is 1.66. The second-order valence-corrected chi connectivity index (χ2v) is 6.80. The van der Waals surface area contributed by atoms with Gasteiger partial charge in [-0.15, -0.1) is 11.3 Å². The molecule has 1 unspecified atom stereocenters. The molecule has 0 amide bonds. The molecule has 0 aliphatic carbocycles. The van der Waals surface area contributed by atoms with E-state index in [9.17, 15) is 5.11 Å². The number of hydrogen-bond acceptors (Lipinski definition) is 5. The van der Waals surface area contributed by atoms with Crippen LogP contribution in [0.1, 0.15) is 25.5 Å². The molecule has 0 radical (unpaired) electrons. The minimum atomic E-state index is 0.0433. The molecule has 0 saturated carbocycles. The van der Waals surface area contributed by atoms with Gasteiger partial charge in [0.15, 0.2) is 0 Å². The highest BCUT2D eigenvalue weighted by Crippen LogP contribution is 2.30. The molecular weight excluding hydrogens is 272 g/mol. The van der Waals surface area contributed by atoms with Crippen LogP contribution < -0.4 is 0 Å². The number of aliphatic hydroxyl groups excluding tert-OH is 1. The number of furan rings is 1. The number of piperidine rings is 1. The van der Waals surface area contributed by atoms with Crippen molar-refractivity contribution in [2.75, 3.05) is 19.7 Å². The standard InChI is InChI=1S/C15H20N2O2S/c1-15(11-18)4-2-5-17(10-15)7-13-9-20-14(16-13)12-3-6-19-8-12/h3,6,8-9,18H,2,4-5,7,10-11H2,1H3. The Hall–Kier alpha value is -1.17. The van der Waals surface area contributed by atoms with Gasteiger partial charge in [0, 0.05) is 36.1 Å².